The molecular weight excluding hydrogens is 372 g/mol. The largest absolute Gasteiger partial charge is 0.390 e. The van der Waals surface area contributed by atoms with E-state index in [-0.39, 0.29) is 35.8 Å². The molecule has 0 bridgehead atoms. The van der Waals surface area contributed by atoms with E-state index in [9.17, 15) is 23.4 Å². The van der Waals surface area contributed by atoms with Crippen LogP contribution in [-0.4, -0.2) is 83.9 Å². The average Bonchev–Trinajstić information content (AvgIpc) is 2.95. The topological polar surface area (TPSA) is 124 Å². The Kier molecular flexibility index (Phi) is 10.3. The summed E-state index contributed by atoms with van der Waals surface area (Å²) < 4.78 is 30.9. The molecule has 1 aliphatic heterocycles. The maximum absolute atomic E-state index is 12.6. The van der Waals surface area contributed by atoms with E-state index in [4.69, 9.17) is 4.55 Å². The normalized spacial score (nSPS) is 21.6. The molecule has 0 aliphatic carbocycles. The van der Waals surface area contributed by atoms with Crippen LogP contribution in [0.1, 0.15) is 45.4 Å². The van der Waals surface area contributed by atoms with Crippen molar-refractivity contribution in [1.82, 2.24) is 0 Å². The molecule has 0 radical (unpaired) electrons. The Morgan fingerprint density at radius 1 is 1.30 bits per heavy atom. The van der Waals surface area contributed by atoms with Crippen LogP contribution in [0.4, 0.5) is 0 Å². The van der Waals surface area contributed by atoms with Crippen LogP contribution in [0.15, 0.2) is 17.1 Å². The predicted molar refractivity (Wildman–Crippen MR) is 104 cm³/mol. The molecule has 156 valence electrons. The van der Waals surface area contributed by atoms with Crippen LogP contribution in [0.2, 0.25) is 0 Å². The molecule has 3 N–H and O–H groups in total. The number of aliphatic hydroxyl groups excluding tert-OH is 2. The number of hydrogen-bond donors (Lipinski definition) is 3. The summed E-state index contributed by atoms with van der Waals surface area (Å²) in [7, 11) is -4.33. The molecule has 0 saturated carbocycles. The predicted octanol–water partition coefficient (Wildman–Crippen LogP) is 0.942. The number of aliphatic imine (C=N–C) groups is 1. The molecule has 27 heavy (non-hydrogen) atoms. The third kappa shape index (κ3) is 8.61. The number of nitrogens with zero attached hydrogens (tertiary/aromatic N) is 2. The fourth-order valence-corrected chi connectivity index (χ4v) is 3.97. The van der Waals surface area contributed by atoms with Crippen LogP contribution in [0.5, 0.6) is 0 Å². The van der Waals surface area contributed by atoms with Crippen molar-refractivity contribution in [1.29, 1.82) is 0 Å². The first-order valence-electron chi connectivity index (χ1n) is 9.57. The first-order valence-corrected chi connectivity index (χ1v) is 11.2. The van der Waals surface area contributed by atoms with Gasteiger partial charge in [0.05, 0.1) is 13.2 Å². The minimum absolute atomic E-state index is 0.0433. The molecule has 1 heterocycles. The van der Waals surface area contributed by atoms with Gasteiger partial charge in [0.1, 0.15) is 31.5 Å². The number of unbranched alkanes of at least 4 members (excludes halogenated alkanes) is 3. The molecule has 1 rings (SSSR count). The second-order valence-electron chi connectivity index (χ2n) is 7.04. The number of ketones is 1. The van der Waals surface area contributed by atoms with E-state index in [1.807, 2.05) is 0 Å². The van der Waals surface area contributed by atoms with Crippen LogP contribution < -0.4 is 0 Å². The number of amidine groups is 1. The van der Waals surface area contributed by atoms with Crippen molar-refractivity contribution >= 4 is 21.7 Å². The highest BCUT2D eigenvalue weighted by atomic mass is 32.2. The Balaban J connectivity index is 2.67. The minimum Gasteiger partial charge on any atom is -0.390 e. The van der Waals surface area contributed by atoms with E-state index in [2.05, 4.69) is 24.1 Å². The fourth-order valence-electron chi connectivity index (χ4n) is 3.38. The second-order valence-corrected chi connectivity index (χ2v) is 8.53. The van der Waals surface area contributed by atoms with E-state index in [0.29, 0.717) is 25.9 Å². The molecule has 0 aromatic carbocycles. The van der Waals surface area contributed by atoms with Crippen molar-refractivity contribution in [3.8, 4) is 0 Å². The summed E-state index contributed by atoms with van der Waals surface area (Å²) in [5, 5.41) is 19.5. The van der Waals surface area contributed by atoms with Crippen LogP contribution in [0, 0.1) is 0 Å². The first-order chi connectivity index (χ1) is 12.7. The Hall–Kier alpha value is -1.13. The van der Waals surface area contributed by atoms with Gasteiger partial charge in [-0.15, -0.1) is 0 Å². The van der Waals surface area contributed by atoms with Crippen molar-refractivity contribution in [3.05, 3.63) is 12.2 Å². The third-order valence-electron chi connectivity index (χ3n) is 4.65. The fraction of sp³-hybridized carbons (Fsp3) is 0.778. The Bertz CT molecular complexity index is 632. The summed E-state index contributed by atoms with van der Waals surface area (Å²) in [6, 6.07) is 0. The number of carbonyl (C=O) groups is 1. The highest BCUT2D eigenvalue weighted by molar-refractivity contribution is 7.85. The van der Waals surface area contributed by atoms with Crippen molar-refractivity contribution in [2.45, 2.75) is 51.6 Å². The van der Waals surface area contributed by atoms with Gasteiger partial charge in [-0.25, -0.2) is 4.99 Å². The van der Waals surface area contributed by atoms with Crippen molar-refractivity contribution in [2.24, 2.45) is 4.99 Å². The number of allylic oxidation sites excluding steroid dienone is 2. The molecule has 1 aliphatic rings. The van der Waals surface area contributed by atoms with Gasteiger partial charge >= 0.3 is 0 Å². The molecule has 2 atom stereocenters. The molecule has 0 amide bonds. The van der Waals surface area contributed by atoms with Crippen LogP contribution in [0.25, 0.3) is 0 Å². The lowest BCUT2D eigenvalue weighted by molar-refractivity contribution is -0.837. The molecule has 0 saturated heterocycles. The number of quaternary nitrogens is 1. The number of hydrogen-bond acceptors (Lipinski definition) is 6. The van der Waals surface area contributed by atoms with Gasteiger partial charge in [-0.2, -0.15) is 8.42 Å². The molecule has 0 spiro atoms. The summed E-state index contributed by atoms with van der Waals surface area (Å²) >= 11 is 0. The summed E-state index contributed by atoms with van der Waals surface area (Å²) in [5.41, 5.74) is 0. The van der Waals surface area contributed by atoms with Crippen LogP contribution in [-0.2, 0) is 14.9 Å². The lowest BCUT2D eigenvalue weighted by Crippen LogP contribution is -2.59. The molecule has 0 aromatic heterocycles. The van der Waals surface area contributed by atoms with Gasteiger partial charge in [0.2, 0.25) is 5.78 Å². The van der Waals surface area contributed by atoms with Gasteiger partial charge in [-0.1, -0.05) is 31.9 Å². The Morgan fingerprint density at radius 3 is 2.56 bits per heavy atom. The number of Topliss-reactive ketones (excluding diaryl/α,β-unsaturated/α-hetero) is 1. The van der Waals surface area contributed by atoms with Crippen LogP contribution >= 0.6 is 0 Å². The van der Waals surface area contributed by atoms with E-state index in [1.54, 1.807) is 0 Å². The zero-order valence-electron chi connectivity index (χ0n) is 16.1. The summed E-state index contributed by atoms with van der Waals surface area (Å²) in [4.78, 5) is 16.9. The molecule has 2 unspecified atom stereocenters. The SMILES string of the molecule is CCCC/C=C/CCCC(=O)C1=NCC[N+]1(CCO)CC(O)CS(=O)(=O)O. The quantitative estimate of drug-likeness (QED) is 0.171. The van der Waals surface area contributed by atoms with Gasteiger partial charge in [0, 0.05) is 6.42 Å². The molecule has 9 heteroatoms. The highest BCUT2D eigenvalue weighted by Gasteiger charge is 2.43. The van der Waals surface area contributed by atoms with E-state index in [0.717, 1.165) is 25.7 Å². The van der Waals surface area contributed by atoms with Gasteiger partial charge in [0.15, 0.2) is 0 Å². The van der Waals surface area contributed by atoms with Gasteiger partial charge < -0.3 is 10.2 Å². The second kappa shape index (κ2) is 11.7. The van der Waals surface area contributed by atoms with Crippen LogP contribution in [0.3, 0.4) is 0 Å². The van der Waals surface area contributed by atoms with E-state index < -0.39 is 22.0 Å². The summed E-state index contributed by atoms with van der Waals surface area (Å²) in [6.07, 6.45) is 8.00. The average molecular weight is 406 g/mol. The van der Waals surface area contributed by atoms with E-state index in [1.165, 1.54) is 0 Å². The monoisotopic (exact) mass is 405 g/mol. The minimum atomic E-state index is -4.33. The number of rotatable bonds is 14. The lowest BCUT2D eigenvalue weighted by Gasteiger charge is -2.34. The summed E-state index contributed by atoms with van der Waals surface area (Å²) in [6.45, 7) is 2.81. The standard InChI is InChI=1S/C18H32N2O6S/c1-2-3-4-5-6-7-8-9-17(23)18-19-10-11-20(18,12-13-21)14-16(22)15-27(24,25)26/h5-6,16,21-22H,2-4,7-15H2,1H3/p+1/b6-5+. The van der Waals surface area contributed by atoms with Gasteiger partial charge in [-0.3, -0.25) is 13.8 Å². The third-order valence-corrected chi connectivity index (χ3v) is 5.45. The summed E-state index contributed by atoms with van der Waals surface area (Å²) in [5.74, 6) is -0.655. The molecule has 0 fully saturated rings. The number of carbonyl (C=O) groups excluding carboxylic acids is 1. The van der Waals surface area contributed by atoms with Crippen molar-refractivity contribution < 1.29 is 32.5 Å². The lowest BCUT2D eigenvalue weighted by atomic mass is 10.1. The Labute approximate surface area is 161 Å². The number of aliphatic hydroxyl groups is 2. The zero-order valence-corrected chi connectivity index (χ0v) is 16.9. The van der Waals surface area contributed by atoms with Crippen molar-refractivity contribution in [2.75, 3.05) is 38.5 Å². The van der Waals surface area contributed by atoms with Crippen molar-refractivity contribution in [3.63, 3.8) is 0 Å². The molecule has 8 nitrogen and oxygen atoms in total. The molecule has 0 aromatic rings. The van der Waals surface area contributed by atoms with Gasteiger partial charge in [0.25, 0.3) is 16.0 Å². The Morgan fingerprint density at radius 2 is 1.96 bits per heavy atom. The first kappa shape index (κ1) is 23.9. The smallest absolute Gasteiger partial charge is 0.267 e. The van der Waals surface area contributed by atoms with E-state index >= 15 is 0 Å². The molecular formula is C18H33N2O6S+. The maximum atomic E-state index is 12.6. The highest BCUT2D eigenvalue weighted by Crippen LogP contribution is 2.19. The maximum Gasteiger partial charge on any atom is 0.267 e. The zero-order chi connectivity index (χ0) is 20.3. The van der Waals surface area contributed by atoms with Gasteiger partial charge in [-0.05, 0) is 19.3 Å².